The number of anilines is 1. The van der Waals surface area contributed by atoms with E-state index in [1.54, 1.807) is 6.92 Å². The zero-order valence-corrected chi connectivity index (χ0v) is 12.9. The van der Waals surface area contributed by atoms with Gasteiger partial charge in [0, 0.05) is 0 Å². The highest BCUT2D eigenvalue weighted by molar-refractivity contribution is 5.92. The molecular weight excluding hydrogens is 282 g/mol. The first-order valence-corrected chi connectivity index (χ1v) is 7.11. The molecule has 0 saturated carbocycles. The number of aryl methyl sites for hydroxylation is 2. The van der Waals surface area contributed by atoms with Crippen LogP contribution in [0.5, 0.6) is 0 Å². The van der Waals surface area contributed by atoms with Gasteiger partial charge >= 0.3 is 5.69 Å². The van der Waals surface area contributed by atoms with Crippen LogP contribution in [0.25, 0.3) is 0 Å². The van der Waals surface area contributed by atoms with Gasteiger partial charge < -0.3 is 5.32 Å². The second kappa shape index (κ2) is 6.43. The Morgan fingerprint density at radius 3 is 2.32 bits per heavy atom. The molecule has 0 saturated heterocycles. The Balaban J connectivity index is 2.22. The van der Waals surface area contributed by atoms with Crippen LogP contribution >= 0.6 is 0 Å². The number of carbonyl (C=O) groups is 1. The molecule has 3 N–H and O–H groups in total. The van der Waals surface area contributed by atoms with Gasteiger partial charge in [0.15, 0.2) is 0 Å². The number of H-pyrrole nitrogens is 2. The van der Waals surface area contributed by atoms with Crippen molar-refractivity contribution in [1.29, 1.82) is 0 Å². The van der Waals surface area contributed by atoms with Gasteiger partial charge in [0.05, 0.1) is 12.0 Å². The molecular formula is C16H19N3O3. The van der Waals surface area contributed by atoms with Gasteiger partial charge in [-0.2, -0.15) is 0 Å². The van der Waals surface area contributed by atoms with Gasteiger partial charge in [-0.05, 0) is 25.8 Å². The molecule has 2 aromatic rings. The van der Waals surface area contributed by atoms with Crippen molar-refractivity contribution < 1.29 is 4.79 Å². The molecule has 1 aromatic carbocycles. The fourth-order valence-corrected chi connectivity index (χ4v) is 2.50. The quantitative estimate of drug-likeness (QED) is 0.797. The summed E-state index contributed by atoms with van der Waals surface area (Å²) in [5.74, 6) is -0.105. The lowest BCUT2D eigenvalue weighted by Gasteiger charge is -2.09. The maximum absolute atomic E-state index is 12.1. The standard InChI is InChI=1S/C16H19N3O3/c1-4-12-14(18-16(22)19-15(12)21)17-13(20)8-11-6-9(2)5-10(3)7-11/h5-7H,4,8H2,1-3H3,(H3,17,18,19,20,21,22). The Kier molecular flexibility index (Phi) is 4.60. The number of aromatic amines is 2. The third kappa shape index (κ3) is 3.72. The fourth-order valence-electron chi connectivity index (χ4n) is 2.50. The fraction of sp³-hybridized carbons (Fsp3) is 0.312. The molecule has 0 radical (unpaired) electrons. The molecule has 116 valence electrons. The van der Waals surface area contributed by atoms with Crippen LogP contribution in [0.3, 0.4) is 0 Å². The second-order valence-electron chi connectivity index (χ2n) is 5.34. The SMILES string of the molecule is CCc1c(NC(=O)Cc2cc(C)cc(C)c2)[nH]c(=O)[nH]c1=O. The third-order valence-corrected chi connectivity index (χ3v) is 3.31. The molecule has 0 aliphatic carbocycles. The molecule has 1 aromatic heterocycles. The van der Waals surface area contributed by atoms with Crippen LogP contribution in [-0.2, 0) is 17.6 Å². The predicted molar refractivity (Wildman–Crippen MR) is 85.3 cm³/mol. The van der Waals surface area contributed by atoms with E-state index in [-0.39, 0.29) is 18.1 Å². The molecule has 6 nitrogen and oxygen atoms in total. The summed E-state index contributed by atoms with van der Waals surface area (Å²) in [5, 5.41) is 2.62. The summed E-state index contributed by atoms with van der Waals surface area (Å²) in [7, 11) is 0. The number of aromatic nitrogens is 2. The van der Waals surface area contributed by atoms with Crippen LogP contribution < -0.4 is 16.6 Å². The highest BCUT2D eigenvalue weighted by Gasteiger charge is 2.11. The number of carbonyl (C=O) groups excluding carboxylic acids is 1. The lowest BCUT2D eigenvalue weighted by atomic mass is 10.0. The summed E-state index contributed by atoms with van der Waals surface area (Å²) < 4.78 is 0. The van der Waals surface area contributed by atoms with E-state index in [9.17, 15) is 14.4 Å². The van der Waals surface area contributed by atoms with E-state index in [0.29, 0.717) is 12.0 Å². The van der Waals surface area contributed by atoms with Crippen molar-refractivity contribution in [2.75, 3.05) is 5.32 Å². The molecule has 0 aliphatic heterocycles. The highest BCUT2D eigenvalue weighted by Crippen LogP contribution is 2.11. The van der Waals surface area contributed by atoms with Crippen molar-refractivity contribution in [2.24, 2.45) is 0 Å². The number of hydrogen-bond acceptors (Lipinski definition) is 3. The lowest BCUT2D eigenvalue weighted by Crippen LogP contribution is -2.29. The summed E-state index contributed by atoms with van der Waals surface area (Å²) in [6.45, 7) is 5.72. The Labute approximate surface area is 127 Å². The van der Waals surface area contributed by atoms with Crippen molar-refractivity contribution in [3.8, 4) is 0 Å². The first-order chi connectivity index (χ1) is 10.4. The minimum Gasteiger partial charge on any atom is -0.311 e. The van der Waals surface area contributed by atoms with Crippen LogP contribution in [0.15, 0.2) is 27.8 Å². The number of nitrogens with one attached hydrogen (secondary N) is 3. The molecule has 0 fully saturated rings. The Morgan fingerprint density at radius 1 is 1.09 bits per heavy atom. The summed E-state index contributed by atoms with van der Waals surface area (Å²) in [6, 6.07) is 5.91. The average molecular weight is 301 g/mol. The average Bonchev–Trinajstić information content (AvgIpc) is 2.36. The van der Waals surface area contributed by atoms with Crippen LogP contribution in [0, 0.1) is 13.8 Å². The van der Waals surface area contributed by atoms with Crippen molar-refractivity contribution in [3.05, 3.63) is 61.3 Å². The number of hydrogen-bond donors (Lipinski definition) is 3. The van der Waals surface area contributed by atoms with Crippen molar-refractivity contribution in [3.63, 3.8) is 0 Å². The third-order valence-electron chi connectivity index (χ3n) is 3.31. The molecule has 0 aliphatic rings. The van der Waals surface area contributed by atoms with E-state index in [2.05, 4.69) is 15.3 Å². The minimum absolute atomic E-state index is 0.172. The first-order valence-electron chi connectivity index (χ1n) is 7.11. The van der Waals surface area contributed by atoms with Crippen LogP contribution in [0.1, 0.15) is 29.2 Å². The summed E-state index contributed by atoms with van der Waals surface area (Å²) in [4.78, 5) is 39.8. The number of benzene rings is 1. The largest absolute Gasteiger partial charge is 0.327 e. The van der Waals surface area contributed by atoms with Gasteiger partial charge in [-0.15, -0.1) is 0 Å². The maximum atomic E-state index is 12.1. The Bertz CT molecular complexity index is 798. The zero-order valence-electron chi connectivity index (χ0n) is 12.9. The predicted octanol–water partition coefficient (Wildman–Crippen LogP) is 1.42. The van der Waals surface area contributed by atoms with Gasteiger partial charge in [0.2, 0.25) is 5.91 Å². The summed E-state index contributed by atoms with van der Waals surface area (Å²) >= 11 is 0. The van der Waals surface area contributed by atoms with Crippen molar-refractivity contribution in [1.82, 2.24) is 9.97 Å². The van der Waals surface area contributed by atoms with Crippen LogP contribution in [-0.4, -0.2) is 15.9 Å². The Hall–Kier alpha value is -2.63. The lowest BCUT2D eigenvalue weighted by molar-refractivity contribution is -0.115. The van der Waals surface area contributed by atoms with Crippen LogP contribution in [0.2, 0.25) is 0 Å². The first kappa shape index (κ1) is 15.8. The molecule has 0 bridgehead atoms. The van der Waals surface area contributed by atoms with Crippen LogP contribution in [0.4, 0.5) is 5.82 Å². The number of rotatable bonds is 4. The topological polar surface area (TPSA) is 94.8 Å². The van der Waals surface area contributed by atoms with E-state index < -0.39 is 11.2 Å². The Morgan fingerprint density at radius 2 is 1.73 bits per heavy atom. The van der Waals surface area contributed by atoms with Gasteiger partial charge in [0.1, 0.15) is 5.82 Å². The monoisotopic (exact) mass is 301 g/mol. The van der Waals surface area contributed by atoms with E-state index in [4.69, 9.17) is 0 Å². The maximum Gasteiger partial charge on any atom is 0.327 e. The van der Waals surface area contributed by atoms with Gasteiger partial charge in [-0.3, -0.25) is 19.6 Å². The molecule has 0 spiro atoms. The normalized spacial score (nSPS) is 10.5. The molecule has 22 heavy (non-hydrogen) atoms. The minimum atomic E-state index is -0.635. The van der Waals surface area contributed by atoms with E-state index in [0.717, 1.165) is 16.7 Å². The molecule has 0 atom stereocenters. The van der Waals surface area contributed by atoms with E-state index in [1.165, 1.54) is 0 Å². The van der Waals surface area contributed by atoms with Gasteiger partial charge in [-0.1, -0.05) is 36.2 Å². The van der Waals surface area contributed by atoms with E-state index in [1.807, 2.05) is 32.0 Å². The molecule has 1 amide bonds. The highest BCUT2D eigenvalue weighted by atomic mass is 16.2. The van der Waals surface area contributed by atoms with Crippen molar-refractivity contribution in [2.45, 2.75) is 33.6 Å². The van der Waals surface area contributed by atoms with E-state index >= 15 is 0 Å². The summed E-state index contributed by atoms with van der Waals surface area (Å²) in [5.41, 5.74) is 2.30. The smallest absolute Gasteiger partial charge is 0.311 e. The van der Waals surface area contributed by atoms with Crippen molar-refractivity contribution >= 4 is 11.7 Å². The van der Waals surface area contributed by atoms with Gasteiger partial charge in [-0.25, -0.2) is 4.79 Å². The second-order valence-corrected chi connectivity index (χ2v) is 5.34. The molecule has 0 unspecified atom stereocenters. The number of amides is 1. The zero-order chi connectivity index (χ0) is 16.3. The van der Waals surface area contributed by atoms with Gasteiger partial charge in [0.25, 0.3) is 5.56 Å². The molecule has 6 heteroatoms. The molecule has 2 rings (SSSR count). The molecule has 1 heterocycles. The summed E-state index contributed by atoms with van der Waals surface area (Å²) in [6.07, 6.45) is 0.589.